The smallest absolute Gasteiger partial charge is 0.489 e. The highest BCUT2D eigenvalue weighted by atomic mass is 35.5. The molecule has 0 amide bonds. The molecule has 0 bridgehead atoms. The third kappa shape index (κ3) is 8.64. The number of aliphatic carboxylic acids is 2. The fourth-order valence-electron chi connectivity index (χ4n) is 4.56. The van der Waals surface area contributed by atoms with Crippen molar-refractivity contribution < 1.29 is 37.7 Å². The Kier molecular flexibility index (Phi) is 11.1. The quantitative estimate of drug-likeness (QED) is 0.278. The number of carbonyl (C=O) groups is 2. The number of nitrogens with zero attached hydrogens (tertiary/aromatic N) is 3. The van der Waals surface area contributed by atoms with E-state index in [9.17, 15) is 23.1 Å². The second-order valence-corrected chi connectivity index (χ2v) is 11.0. The number of halogens is 4. The van der Waals surface area contributed by atoms with Gasteiger partial charge in [-0.15, -0.1) is 10.2 Å². The predicted octanol–water partition coefficient (Wildman–Crippen LogP) is 6.60. The third-order valence-electron chi connectivity index (χ3n) is 6.38. The van der Waals surface area contributed by atoms with Crippen molar-refractivity contribution in [2.24, 2.45) is 0 Å². The molecule has 0 spiro atoms. The SMILES string of the molecule is CCc1c(CCN2CCCC2C(=O)O)cccc1-c1nnc(-c2ccc(OC(C)C)c(Cl)c2)s1.O=C(O)C(F)(F)F. The van der Waals surface area contributed by atoms with Gasteiger partial charge in [0.25, 0.3) is 0 Å². The fourth-order valence-corrected chi connectivity index (χ4v) is 5.67. The first-order valence-corrected chi connectivity index (χ1v) is 14.2. The number of hydrogen-bond acceptors (Lipinski definition) is 7. The van der Waals surface area contributed by atoms with Crippen LogP contribution in [0.5, 0.6) is 5.75 Å². The minimum atomic E-state index is -5.08. The molecule has 3 aromatic rings. The second-order valence-electron chi connectivity index (χ2n) is 9.61. The van der Waals surface area contributed by atoms with Gasteiger partial charge in [-0.3, -0.25) is 9.69 Å². The standard InChI is InChI=1S/C26H30ClN3O3S.C2HF3O2/c1-4-19-17(12-14-30-13-6-9-22(30)26(31)32)7-5-8-20(19)25-29-28-24(34-25)18-10-11-23(21(27)15-18)33-16(2)3;3-2(4,5)1(6)7/h5,7-8,10-11,15-16,22H,4,6,9,12-14H2,1-3H3,(H,31,32);(H,6,7). The van der Waals surface area contributed by atoms with Gasteiger partial charge in [0.2, 0.25) is 0 Å². The van der Waals surface area contributed by atoms with Crippen molar-refractivity contribution in [3.8, 4) is 26.9 Å². The Hall–Kier alpha value is -3.22. The highest BCUT2D eigenvalue weighted by molar-refractivity contribution is 7.17. The van der Waals surface area contributed by atoms with Gasteiger partial charge in [0.1, 0.15) is 21.8 Å². The number of carboxylic acid groups (broad SMARTS) is 2. The Labute approximate surface area is 244 Å². The Morgan fingerprint density at radius 3 is 2.44 bits per heavy atom. The number of hydrogen-bond donors (Lipinski definition) is 2. The Bertz CT molecular complexity index is 1370. The number of ether oxygens (including phenoxy) is 1. The summed E-state index contributed by atoms with van der Waals surface area (Å²) >= 11 is 7.97. The van der Waals surface area contributed by atoms with Gasteiger partial charge in [0.05, 0.1) is 11.1 Å². The molecule has 0 saturated carbocycles. The number of rotatable bonds is 9. The highest BCUT2D eigenvalue weighted by Crippen LogP contribution is 2.36. The van der Waals surface area contributed by atoms with Crippen LogP contribution in [0, 0.1) is 0 Å². The van der Waals surface area contributed by atoms with Crippen LogP contribution in [-0.4, -0.2) is 68.7 Å². The van der Waals surface area contributed by atoms with E-state index in [-0.39, 0.29) is 12.1 Å². The molecule has 1 saturated heterocycles. The molecule has 0 radical (unpaired) electrons. The lowest BCUT2D eigenvalue weighted by Crippen LogP contribution is -2.37. The first kappa shape index (κ1) is 32.3. The number of alkyl halides is 3. The van der Waals surface area contributed by atoms with E-state index in [1.165, 1.54) is 11.1 Å². The summed E-state index contributed by atoms with van der Waals surface area (Å²) < 4.78 is 37.5. The monoisotopic (exact) mass is 613 g/mol. The number of carboxylic acids is 2. The van der Waals surface area contributed by atoms with E-state index in [0.717, 1.165) is 59.9 Å². The molecule has 2 aromatic carbocycles. The Balaban J connectivity index is 0.000000587. The van der Waals surface area contributed by atoms with Gasteiger partial charge in [0.15, 0.2) is 0 Å². The molecular formula is C28H31ClF3N3O5S. The first-order valence-electron chi connectivity index (χ1n) is 13.0. The maximum Gasteiger partial charge on any atom is 0.490 e. The van der Waals surface area contributed by atoms with Gasteiger partial charge in [0, 0.05) is 17.7 Å². The maximum atomic E-state index is 11.5. The summed E-state index contributed by atoms with van der Waals surface area (Å²) in [5, 5.41) is 27.8. The summed E-state index contributed by atoms with van der Waals surface area (Å²) in [5.41, 5.74) is 4.49. The lowest BCUT2D eigenvalue weighted by Gasteiger charge is -2.22. The molecule has 1 aromatic heterocycles. The minimum Gasteiger partial charge on any atom is -0.489 e. The van der Waals surface area contributed by atoms with Crippen LogP contribution in [0.4, 0.5) is 13.2 Å². The molecule has 8 nitrogen and oxygen atoms in total. The van der Waals surface area contributed by atoms with Crippen molar-refractivity contribution in [1.82, 2.24) is 15.1 Å². The van der Waals surface area contributed by atoms with Crippen LogP contribution >= 0.6 is 22.9 Å². The molecule has 1 atom stereocenters. The van der Waals surface area contributed by atoms with E-state index in [1.807, 2.05) is 32.0 Å². The number of aromatic nitrogens is 2. The van der Waals surface area contributed by atoms with Crippen molar-refractivity contribution in [1.29, 1.82) is 0 Å². The summed E-state index contributed by atoms with van der Waals surface area (Å²) in [7, 11) is 0. The molecule has 1 aliphatic heterocycles. The lowest BCUT2D eigenvalue weighted by atomic mass is 9.96. The zero-order valence-corrected chi connectivity index (χ0v) is 24.3. The first-order chi connectivity index (χ1) is 19.3. The molecule has 4 rings (SSSR count). The molecule has 2 N–H and O–H groups in total. The van der Waals surface area contributed by atoms with E-state index >= 15 is 0 Å². The molecule has 2 heterocycles. The van der Waals surface area contributed by atoms with E-state index in [0.29, 0.717) is 10.8 Å². The Morgan fingerprint density at radius 1 is 1.17 bits per heavy atom. The van der Waals surface area contributed by atoms with Gasteiger partial charge in [-0.25, -0.2) is 4.79 Å². The van der Waals surface area contributed by atoms with Crippen molar-refractivity contribution in [3.63, 3.8) is 0 Å². The summed E-state index contributed by atoms with van der Waals surface area (Å²) in [6.45, 7) is 7.68. The molecule has 222 valence electrons. The predicted molar refractivity (Wildman–Crippen MR) is 151 cm³/mol. The molecule has 1 unspecified atom stereocenters. The van der Waals surface area contributed by atoms with Crippen molar-refractivity contribution in [2.45, 2.75) is 64.8 Å². The number of benzene rings is 2. The van der Waals surface area contributed by atoms with E-state index in [1.54, 1.807) is 11.3 Å². The Morgan fingerprint density at radius 2 is 1.85 bits per heavy atom. The summed E-state index contributed by atoms with van der Waals surface area (Å²) in [4.78, 5) is 22.5. The molecule has 41 heavy (non-hydrogen) atoms. The second kappa shape index (κ2) is 14.1. The van der Waals surface area contributed by atoms with Gasteiger partial charge in [-0.2, -0.15) is 13.2 Å². The van der Waals surface area contributed by atoms with Gasteiger partial charge in [-0.1, -0.05) is 48.1 Å². The summed E-state index contributed by atoms with van der Waals surface area (Å²) in [6, 6.07) is 11.6. The molecule has 1 aliphatic rings. The maximum absolute atomic E-state index is 11.5. The topological polar surface area (TPSA) is 113 Å². The van der Waals surface area contributed by atoms with Crippen LogP contribution in [0.15, 0.2) is 36.4 Å². The third-order valence-corrected chi connectivity index (χ3v) is 7.68. The fraction of sp³-hybridized carbons (Fsp3) is 0.429. The van der Waals surface area contributed by atoms with Gasteiger partial charge < -0.3 is 14.9 Å². The van der Waals surface area contributed by atoms with Crippen LogP contribution < -0.4 is 4.74 Å². The zero-order chi connectivity index (χ0) is 30.3. The average molecular weight is 614 g/mol. The zero-order valence-electron chi connectivity index (χ0n) is 22.7. The molecule has 13 heteroatoms. The molecule has 0 aliphatic carbocycles. The minimum absolute atomic E-state index is 0.0525. The normalized spacial score (nSPS) is 15.5. The highest BCUT2D eigenvalue weighted by Gasteiger charge is 2.38. The van der Waals surface area contributed by atoms with Crippen LogP contribution in [0.25, 0.3) is 21.1 Å². The van der Waals surface area contributed by atoms with Crippen LogP contribution in [0.3, 0.4) is 0 Å². The van der Waals surface area contributed by atoms with E-state index < -0.39 is 18.1 Å². The van der Waals surface area contributed by atoms with Crippen LogP contribution in [0.1, 0.15) is 44.7 Å². The van der Waals surface area contributed by atoms with E-state index in [2.05, 4.69) is 40.2 Å². The van der Waals surface area contributed by atoms with Crippen molar-refractivity contribution in [3.05, 3.63) is 52.5 Å². The molecular weight excluding hydrogens is 583 g/mol. The van der Waals surface area contributed by atoms with E-state index in [4.69, 9.17) is 26.2 Å². The largest absolute Gasteiger partial charge is 0.490 e. The van der Waals surface area contributed by atoms with Crippen LogP contribution in [-0.2, 0) is 22.4 Å². The lowest BCUT2D eigenvalue weighted by molar-refractivity contribution is -0.192. The number of likely N-dealkylation sites (tertiary alicyclic amines) is 1. The van der Waals surface area contributed by atoms with Crippen LogP contribution in [0.2, 0.25) is 5.02 Å². The van der Waals surface area contributed by atoms with Gasteiger partial charge in [-0.05, 0) is 75.4 Å². The summed E-state index contributed by atoms with van der Waals surface area (Å²) in [5.74, 6) is -2.81. The van der Waals surface area contributed by atoms with Crippen molar-refractivity contribution in [2.75, 3.05) is 13.1 Å². The van der Waals surface area contributed by atoms with Crippen molar-refractivity contribution >= 4 is 34.9 Å². The summed E-state index contributed by atoms with van der Waals surface area (Å²) in [6.07, 6.45) is -1.66. The average Bonchev–Trinajstić information content (AvgIpc) is 3.58. The van der Waals surface area contributed by atoms with Gasteiger partial charge >= 0.3 is 18.1 Å². The molecule has 1 fully saturated rings.